The second-order valence-corrected chi connectivity index (χ2v) is 7.91. The van der Waals surface area contributed by atoms with Gasteiger partial charge in [0.15, 0.2) is 5.76 Å². The van der Waals surface area contributed by atoms with Gasteiger partial charge in [-0.1, -0.05) is 35.9 Å². The first-order valence-corrected chi connectivity index (χ1v) is 10.4. The van der Waals surface area contributed by atoms with Crippen LogP contribution >= 0.6 is 11.6 Å². The van der Waals surface area contributed by atoms with E-state index in [4.69, 9.17) is 25.2 Å². The molecule has 2 heterocycles. The minimum atomic E-state index is -1.02. The summed E-state index contributed by atoms with van der Waals surface area (Å²) in [5.74, 6) is -1.30. The van der Waals surface area contributed by atoms with Crippen molar-refractivity contribution in [3.05, 3.63) is 110 Å². The zero-order valence-electron chi connectivity index (χ0n) is 17.3. The summed E-state index contributed by atoms with van der Waals surface area (Å²) in [5, 5.41) is 1.28. The molecule has 0 aliphatic carbocycles. The summed E-state index contributed by atoms with van der Waals surface area (Å²) in [6, 6.07) is 19.8. The van der Waals surface area contributed by atoms with Gasteiger partial charge in [-0.25, -0.2) is 9.59 Å². The van der Waals surface area contributed by atoms with Gasteiger partial charge in [-0.05, 0) is 61.0 Å². The van der Waals surface area contributed by atoms with Gasteiger partial charge in [0.05, 0.1) is 5.39 Å². The van der Waals surface area contributed by atoms with Crippen LogP contribution in [0.15, 0.2) is 91.2 Å². The maximum absolute atomic E-state index is 13.3. The number of hydrogen-bond acceptors (Lipinski definition) is 6. The third-order valence-corrected chi connectivity index (χ3v) is 5.42. The number of halogens is 1. The van der Waals surface area contributed by atoms with E-state index in [1.165, 1.54) is 6.07 Å². The van der Waals surface area contributed by atoms with Crippen molar-refractivity contribution in [1.29, 1.82) is 0 Å². The molecule has 0 unspecified atom stereocenters. The number of hydrogen-bond donors (Lipinski definition) is 0. The average molecular weight is 459 g/mol. The fourth-order valence-electron chi connectivity index (χ4n) is 3.52. The van der Waals surface area contributed by atoms with Gasteiger partial charge in [0, 0.05) is 16.0 Å². The number of benzene rings is 3. The monoisotopic (exact) mass is 458 g/mol. The lowest BCUT2D eigenvalue weighted by molar-refractivity contribution is 0.0727. The highest BCUT2D eigenvalue weighted by molar-refractivity contribution is 6.30. The van der Waals surface area contributed by atoms with Gasteiger partial charge in [-0.3, -0.25) is 4.79 Å². The zero-order valence-corrected chi connectivity index (χ0v) is 18.0. The minimum absolute atomic E-state index is 0.0493. The molecule has 0 radical (unpaired) electrons. The number of rotatable bonds is 3. The van der Waals surface area contributed by atoms with Gasteiger partial charge in [-0.2, -0.15) is 0 Å². The Balaban J connectivity index is 1.68. The summed E-state index contributed by atoms with van der Waals surface area (Å²) in [6.45, 7) is 1.87. The molecule has 0 bridgehead atoms. The molecule has 2 aromatic heterocycles. The number of carbonyl (C=O) groups is 1. The topological polar surface area (TPSA) is 86.7 Å². The fraction of sp³-hybridized carbons (Fsp3) is 0.0385. The maximum atomic E-state index is 13.3. The van der Waals surface area contributed by atoms with Crippen molar-refractivity contribution >= 4 is 39.5 Å². The number of para-hydroxylation sites is 1. The molecule has 5 rings (SSSR count). The van der Waals surface area contributed by atoms with Crippen molar-refractivity contribution in [1.82, 2.24) is 0 Å². The SMILES string of the molecule is Cc1ccc2c(=O)c(OC(=O)c3cc4ccccc4oc3=O)c(-c3ccc(Cl)cc3)oc2c1. The zero-order chi connectivity index (χ0) is 23.1. The fourth-order valence-corrected chi connectivity index (χ4v) is 3.65. The lowest BCUT2D eigenvalue weighted by atomic mass is 10.1. The molecular weight excluding hydrogens is 444 g/mol. The normalized spacial score (nSPS) is 11.1. The molecule has 0 fully saturated rings. The average Bonchev–Trinajstić information content (AvgIpc) is 2.80. The maximum Gasteiger partial charge on any atom is 0.351 e. The van der Waals surface area contributed by atoms with Gasteiger partial charge in [0.25, 0.3) is 0 Å². The molecular formula is C26H15ClO6. The van der Waals surface area contributed by atoms with Crippen LogP contribution in [0.3, 0.4) is 0 Å². The molecule has 0 N–H and O–H groups in total. The van der Waals surface area contributed by atoms with Gasteiger partial charge < -0.3 is 13.6 Å². The Morgan fingerprint density at radius 1 is 0.879 bits per heavy atom. The molecule has 0 amide bonds. The standard InChI is InChI=1S/C26H15ClO6/c1-14-6-11-18-21(12-14)31-23(15-7-9-17(27)10-8-15)24(22(18)28)33-26(30)19-13-16-4-2-3-5-20(16)32-25(19)29/h2-13H,1H3. The van der Waals surface area contributed by atoms with Crippen molar-refractivity contribution in [2.45, 2.75) is 6.92 Å². The first kappa shape index (κ1) is 20.7. The Morgan fingerprint density at radius 2 is 1.64 bits per heavy atom. The van der Waals surface area contributed by atoms with Crippen molar-refractivity contribution in [3.63, 3.8) is 0 Å². The van der Waals surface area contributed by atoms with Crippen molar-refractivity contribution in [2.75, 3.05) is 0 Å². The van der Waals surface area contributed by atoms with Crippen molar-refractivity contribution in [2.24, 2.45) is 0 Å². The van der Waals surface area contributed by atoms with E-state index in [2.05, 4.69) is 0 Å². The predicted octanol–water partition coefficient (Wildman–Crippen LogP) is 5.75. The van der Waals surface area contributed by atoms with E-state index < -0.39 is 17.0 Å². The lowest BCUT2D eigenvalue weighted by Gasteiger charge is -2.11. The second-order valence-electron chi connectivity index (χ2n) is 7.47. The van der Waals surface area contributed by atoms with Gasteiger partial charge >= 0.3 is 11.6 Å². The molecule has 162 valence electrons. The highest BCUT2D eigenvalue weighted by atomic mass is 35.5. The highest BCUT2D eigenvalue weighted by Gasteiger charge is 2.23. The van der Waals surface area contributed by atoms with Crippen LogP contribution in [0.25, 0.3) is 33.3 Å². The van der Waals surface area contributed by atoms with E-state index in [0.29, 0.717) is 27.1 Å². The number of aryl methyl sites for hydroxylation is 1. The smallest absolute Gasteiger partial charge is 0.351 e. The molecule has 0 aliphatic rings. The molecule has 0 aliphatic heterocycles. The van der Waals surface area contributed by atoms with Crippen LogP contribution in [0.5, 0.6) is 5.75 Å². The molecule has 0 saturated carbocycles. The van der Waals surface area contributed by atoms with E-state index in [-0.39, 0.29) is 22.5 Å². The van der Waals surface area contributed by atoms with E-state index >= 15 is 0 Å². The van der Waals surface area contributed by atoms with Crippen LogP contribution < -0.4 is 15.8 Å². The lowest BCUT2D eigenvalue weighted by Crippen LogP contribution is -2.22. The van der Waals surface area contributed by atoms with Crippen LogP contribution in [-0.2, 0) is 0 Å². The Morgan fingerprint density at radius 3 is 2.42 bits per heavy atom. The van der Waals surface area contributed by atoms with Crippen LogP contribution in [0.2, 0.25) is 5.02 Å². The third-order valence-electron chi connectivity index (χ3n) is 5.17. The predicted molar refractivity (Wildman–Crippen MR) is 125 cm³/mol. The molecule has 0 atom stereocenters. The number of carbonyl (C=O) groups excluding carboxylic acids is 1. The summed E-state index contributed by atoms with van der Waals surface area (Å²) in [6.07, 6.45) is 0. The minimum Gasteiger partial charge on any atom is -0.452 e. The Hall–Kier alpha value is -4.16. The van der Waals surface area contributed by atoms with Crippen molar-refractivity contribution < 1.29 is 18.4 Å². The van der Waals surface area contributed by atoms with Crippen LogP contribution in [-0.4, -0.2) is 5.97 Å². The van der Waals surface area contributed by atoms with E-state index in [0.717, 1.165) is 5.56 Å². The summed E-state index contributed by atoms with van der Waals surface area (Å²) in [5.41, 5.74) is 0.308. The molecule has 7 heteroatoms. The summed E-state index contributed by atoms with van der Waals surface area (Å²) < 4.78 is 16.7. The van der Waals surface area contributed by atoms with Crippen LogP contribution in [0.4, 0.5) is 0 Å². The molecule has 6 nitrogen and oxygen atoms in total. The molecule has 5 aromatic rings. The largest absolute Gasteiger partial charge is 0.452 e. The number of ether oxygens (including phenoxy) is 1. The van der Waals surface area contributed by atoms with Crippen LogP contribution in [0.1, 0.15) is 15.9 Å². The van der Waals surface area contributed by atoms with Crippen LogP contribution in [0, 0.1) is 6.92 Å². The molecule has 0 spiro atoms. The van der Waals surface area contributed by atoms with Crippen molar-refractivity contribution in [3.8, 4) is 17.1 Å². The summed E-state index contributed by atoms with van der Waals surface area (Å²) in [4.78, 5) is 38.7. The number of fused-ring (bicyclic) bond motifs is 2. The second kappa shape index (κ2) is 8.07. The molecule has 33 heavy (non-hydrogen) atoms. The Labute approximate surface area is 191 Å². The Kier molecular flexibility index (Phi) is 5.07. The third kappa shape index (κ3) is 3.81. The highest BCUT2D eigenvalue weighted by Crippen LogP contribution is 2.32. The molecule has 0 saturated heterocycles. The first-order chi connectivity index (χ1) is 15.9. The summed E-state index contributed by atoms with van der Waals surface area (Å²) >= 11 is 5.99. The Bertz CT molecular complexity index is 1660. The van der Waals surface area contributed by atoms with Gasteiger partial charge in [0.1, 0.15) is 16.7 Å². The van der Waals surface area contributed by atoms with Gasteiger partial charge in [-0.15, -0.1) is 0 Å². The first-order valence-electron chi connectivity index (χ1n) is 9.99. The van der Waals surface area contributed by atoms with E-state index in [9.17, 15) is 14.4 Å². The van der Waals surface area contributed by atoms with E-state index in [1.807, 2.05) is 6.92 Å². The number of esters is 1. The van der Waals surface area contributed by atoms with Gasteiger partial charge in [0.2, 0.25) is 11.2 Å². The summed E-state index contributed by atoms with van der Waals surface area (Å²) in [7, 11) is 0. The quantitative estimate of drug-likeness (QED) is 0.253. The van der Waals surface area contributed by atoms with E-state index in [1.54, 1.807) is 66.7 Å². The molecule has 3 aromatic carbocycles.